The molecule has 0 aliphatic heterocycles. The van der Waals surface area contributed by atoms with Crippen LogP contribution in [0.3, 0.4) is 0 Å². The van der Waals surface area contributed by atoms with E-state index in [9.17, 15) is 4.79 Å². The van der Waals surface area contributed by atoms with Crippen molar-refractivity contribution in [1.29, 1.82) is 0 Å². The van der Waals surface area contributed by atoms with Crippen molar-refractivity contribution in [2.75, 3.05) is 13.6 Å². The quantitative estimate of drug-likeness (QED) is 0.885. The van der Waals surface area contributed by atoms with Crippen molar-refractivity contribution < 1.29 is 4.79 Å². The fourth-order valence-corrected chi connectivity index (χ4v) is 3.10. The van der Waals surface area contributed by atoms with Crippen molar-refractivity contribution in [3.05, 3.63) is 35.4 Å². The molecule has 1 aromatic rings. The number of likely N-dealkylation sites (N-methyl/N-ethyl adjacent to an activating group) is 1. The molecule has 1 aromatic carbocycles. The normalized spacial score (nSPS) is 18.2. The number of primary amides is 1. The number of nitrogens with zero attached hydrogens (tertiary/aromatic N) is 1. The van der Waals surface area contributed by atoms with Gasteiger partial charge in [0.05, 0.1) is 6.54 Å². The average molecular weight is 246 g/mol. The van der Waals surface area contributed by atoms with Gasteiger partial charge >= 0.3 is 0 Å². The summed E-state index contributed by atoms with van der Waals surface area (Å²) < 4.78 is 0. The Hall–Kier alpha value is -1.35. The van der Waals surface area contributed by atoms with Crippen molar-refractivity contribution in [3.8, 4) is 0 Å². The maximum Gasteiger partial charge on any atom is 0.231 e. The lowest BCUT2D eigenvalue weighted by atomic mass is 9.86. The summed E-state index contributed by atoms with van der Waals surface area (Å²) in [6.45, 7) is 2.42. The summed E-state index contributed by atoms with van der Waals surface area (Å²) in [6, 6.07) is 8.68. The van der Waals surface area contributed by atoms with Gasteiger partial charge in [-0.3, -0.25) is 9.69 Å². The zero-order chi connectivity index (χ0) is 13.2. The molecule has 0 atom stereocenters. The van der Waals surface area contributed by atoms with Gasteiger partial charge in [-0.15, -0.1) is 0 Å². The van der Waals surface area contributed by atoms with Gasteiger partial charge < -0.3 is 5.73 Å². The van der Waals surface area contributed by atoms with Crippen LogP contribution in [0.4, 0.5) is 0 Å². The summed E-state index contributed by atoms with van der Waals surface area (Å²) in [4.78, 5) is 13.3. The molecule has 1 aliphatic carbocycles. The molecule has 1 saturated carbocycles. The van der Waals surface area contributed by atoms with E-state index >= 15 is 0 Å². The Labute approximate surface area is 109 Å². The highest BCUT2D eigenvalue weighted by Gasteiger charge is 2.39. The lowest BCUT2D eigenvalue weighted by Gasteiger charge is -2.39. The number of carbonyl (C=O) groups is 1. The standard InChI is InChI=1S/C15H22N2O/c1-12-5-7-13(8-6-12)15(9-3-4-10-15)17(2)11-14(16)18/h5-8H,3-4,9-11H2,1-2H3,(H2,16,18). The molecule has 0 bridgehead atoms. The first kappa shape index (κ1) is 13.1. The van der Waals surface area contributed by atoms with Crippen molar-refractivity contribution in [2.24, 2.45) is 5.73 Å². The molecule has 2 rings (SSSR count). The minimum Gasteiger partial charge on any atom is -0.369 e. The van der Waals surface area contributed by atoms with Gasteiger partial charge in [0.2, 0.25) is 5.91 Å². The third-order valence-corrected chi connectivity index (χ3v) is 4.14. The van der Waals surface area contributed by atoms with Crippen molar-refractivity contribution in [1.82, 2.24) is 4.90 Å². The lowest BCUT2D eigenvalue weighted by molar-refractivity contribution is -0.120. The Bertz CT molecular complexity index is 419. The van der Waals surface area contributed by atoms with Crippen LogP contribution in [-0.2, 0) is 10.3 Å². The zero-order valence-electron chi connectivity index (χ0n) is 11.3. The van der Waals surface area contributed by atoms with Crippen LogP contribution in [0.1, 0.15) is 36.8 Å². The molecule has 2 N–H and O–H groups in total. The number of aryl methyl sites for hydroxylation is 1. The van der Waals surface area contributed by atoms with Crippen LogP contribution in [0.5, 0.6) is 0 Å². The lowest BCUT2D eigenvalue weighted by Crippen LogP contribution is -2.45. The zero-order valence-corrected chi connectivity index (χ0v) is 11.3. The summed E-state index contributed by atoms with van der Waals surface area (Å²) in [6.07, 6.45) is 4.66. The summed E-state index contributed by atoms with van der Waals surface area (Å²) in [7, 11) is 2.01. The molecule has 0 spiro atoms. The number of nitrogens with two attached hydrogens (primary N) is 1. The molecule has 0 aromatic heterocycles. The number of carbonyl (C=O) groups excluding carboxylic acids is 1. The number of amides is 1. The highest BCUT2D eigenvalue weighted by molar-refractivity contribution is 5.76. The van der Waals surface area contributed by atoms with Crippen LogP contribution in [-0.4, -0.2) is 24.4 Å². The van der Waals surface area contributed by atoms with Gasteiger partial charge in [0.15, 0.2) is 0 Å². The Balaban J connectivity index is 2.31. The summed E-state index contributed by atoms with van der Waals surface area (Å²) in [5.74, 6) is -0.254. The second-order valence-corrected chi connectivity index (χ2v) is 5.43. The van der Waals surface area contributed by atoms with E-state index in [1.165, 1.54) is 24.0 Å². The average Bonchev–Trinajstić information content (AvgIpc) is 2.79. The minimum absolute atomic E-state index is 0.00271. The number of rotatable bonds is 4. The van der Waals surface area contributed by atoms with Gasteiger partial charge in [0, 0.05) is 5.54 Å². The first-order valence-corrected chi connectivity index (χ1v) is 6.61. The van der Waals surface area contributed by atoms with Gasteiger partial charge in [0.1, 0.15) is 0 Å². The van der Waals surface area contributed by atoms with Gasteiger partial charge in [0.25, 0.3) is 0 Å². The van der Waals surface area contributed by atoms with E-state index in [1.807, 2.05) is 7.05 Å². The molecule has 98 valence electrons. The summed E-state index contributed by atoms with van der Waals surface area (Å²) in [5, 5.41) is 0. The van der Waals surface area contributed by atoms with E-state index in [0.717, 1.165) is 12.8 Å². The Morgan fingerprint density at radius 2 is 1.83 bits per heavy atom. The van der Waals surface area contributed by atoms with Crippen LogP contribution in [0.25, 0.3) is 0 Å². The smallest absolute Gasteiger partial charge is 0.231 e. The molecule has 0 radical (unpaired) electrons. The van der Waals surface area contributed by atoms with E-state index < -0.39 is 0 Å². The van der Waals surface area contributed by atoms with E-state index in [2.05, 4.69) is 36.1 Å². The molecule has 1 aliphatic rings. The molecule has 0 heterocycles. The first-order valence-electron chi connectivity index (χ1n) is 6.61. The van der Waals surface area contributed by atoms with E-state index in [4.69, 9.17) is 5.73 Å². The maximum atomic E-state index is 11.2. The molecule has 0 saturated heterocycles. The molecule has 3 heteroatoms. The van der Waals surface area contributed by atoms with Gasteiger partial charge in [-0.2, -0.15) is 0 Å². The van der Waals surface area contributed by atoms with Crippen molar-refractivity contribution >= 4 is 5.91 Å². The second-order valence-electron chi connectivity index (χ2n) is 5.43. The monoisotopic (exact) mass is 246 g/mol. The van der Waals surface area contributed by atoms with Crippen molar-refractivity contribution in [3.63, 3.8) is 0 Å². The fraction of sp³-hybridized carbons (Fsp3) is 0.533. The third kappa shape index (κ3) is 2.41. The largest absolute Gasteiger partial charge is 0.369 e. The molecule has 18 heavy (non-hydrogen) atoms. The molecular formula is C15H22N2O. The van der Waals surface area contributed by atoms with Crippen LogP contribution in [0.15, 0.2) is 24.3 Å². The molecule has 1 amide bonds. The van der Waals surface area contributed by atoms with Crippen LogP contribution < -0.4 is 5.73 Å². The minimum atomic E-state index is -0.254. The van der Waals surface area contributed by atoms with E-state index in [0.29, 0.717) is 6.54 Å². The van der Waals surface area contributed by atoms with Crippen molar-refractivity contribution in [2.45, 2.75) is 38.1 Å². The third-order valence-electron chi connectivity index (χ3n) is 4.14. The molecular weight excluding hydrogens is 224 g/mol. The Kier molecular flexibility index (Phi) is 3.71. The summed E-state index contributed by atoms with van der Waals surface area (Å²) in [5.41, 5.74) is 7.93. The predicted octanol–water partition coefficient (Wildman–Crippen LogP) is 2.18. The topological polar surface area (TPSA) is 46.3 Å². The number of hydrogen-bond acceptors (Lipinski definition) is 2. The van der Waals surface area contributed by atoms with Crippen LogP contribution >= 0.6 is 0 Å². The Morgan fingerprint density at radius 3 is 2.33 bits per heavy atom. The first-order chi connectivity index (χ1) is 8.54. The molecule has 0 unspecified atom stereocenters. The number of benzene rings is 1. The van der Waals surface area contributed by atoms with Crippen LogP contribution in [0.2, 0.25) is 0 Å². The van der Waals surface area contributed by atoms with Gasteiger partial charge in [-0.1, -0.05) is 42.7 Å². The van der Waals surface area contributed by atoms with Gasteiger partial charge in [-0.05, 0) is 32.4 Å². The Morgan fingerprint density at radius 1 is 1.28 bits per heavy atom. The second kappa shape index (κ2) is 5.11. The number of hydrogen-bond donors (Lipinski definition) is 1. The highest BCUT2D eigenvalue weighted by atomic mass is 16.1. The SMILES string of the molecule is Cc1ccc(C2(N(C)CC(N)=O)CCCC2)cc1. The maximum absolute atomic E-state index is 11.2. The van der Waals surface area contributed by atoms with E-state index in [-0.39, 0.29) is 11.4 Å². The van der Waals surface area contributed by atoms with E-state index in [1.54, 1.807) is 0 Å². The van der Waals surface area contributed by atoms with Crippen LogP contribution in [0, 0.1) is 6.92 Å². The fourth-order valence-electron chi connectivity index (χ4n) is 3.10. The highest BCUT2D eigenvalue weighted by Crippen LogP contribution is 2.43. The molecule has 3 nitrogen and oxygen atoms in total. The van der Waals surface area contributed by atoms with Gasteiger partial charge in [-0.25, -0.2) is 0 Å². The molecule has 1 fully saturated rings. The summed E-state index contributed by atoms with van der Waals surface area (Å²) >= 11 is 0. The predicted molar refractivity (Wildman–Crippen MR) is 73.1 cm³/mol.